The number of nitrogens with one attached hydrogen (secondary N) is 1. The van der Waals surface area contributed by atoms with Gasteiger partial charge in [0.1, 0.15) is 11.8 Å². The van der Waals surface area contributed by atoms with Crippen LogP contribution < -0.4 is 10.1 Å². The minimum atomic E-state index is 0.109. The largest absolute Gasteiger partial charge is 0.504 e. The van der Waals surface area contributed by atoms with Crippen molar-refractivity contribution in [1.82, 2.24) is 19.5 Å². The summed E-state index contributed by atoms with van der Waals surface area (Å²) in [4.78, 5) is 13.0. The van der Waals surface area contributed by atoms with Crippen LogP contribution in [0.1, 0.15) is 18.4 Å². The minimum Gasteiger partial charge on any atom is -0.504 e. The highest BCUT2D eigenvalue weighted by Gasteiger charge is 2.10. The van der Waals surface area contributed by atoms with E-state index in [1.165, 1.54) is 13.4 Å². The van der Waals surface area contributed by atoms with Gasteiger partial charge in [0.15, 0.2) is 23.0 Å². The number of hydrogen-bond acceptors (Lipinski definition) is 6. The number of halogens is 1. The molecule has 0 bridgehead atoms. The third-order valence-corrected chi connectivity index (χ3v) is 4.15. The minimum absolute atomic E-state index is 0.109. The molecule has 25 heavy (non-hydrogen) atoms. The Hall–Kier alpha value is -2.54. The first-order chi connectivity index (χ1) is 12.2. The van der Waals surface area contributed by atoms with Gasteiger partial charge in [-0.25, -0.2) is 15.0 Å². The van der Waals surface area contributed by atoms with E-state index in [-0.39, 0.29) is 5.75 Å². The van der Waals surface area contributed by atoms with Crippen LogP contribution in [0, 0.1) is 0 Å². The zero-order chi connectivity index (χ0) is 17.6. The van der Waals surface area contributed by atoms with Crippen molar-refractivity contribution < 1.29 is 9.84 Å². The Morgan fingerprint density at radius 3 is 2.88 bits per heavy atom. The van der Waals surface area contributed by atoms with Crippen LogP contribution >= 0.6 is 11.6 Å². The molecule has 0 saturated heterocycles. The number of phenolic OH excluding ortho intramolecular Hbond substituents is 1. The number of ether oxygens (including phenoxy) is 1. The fourth-order valence-corrected chi connectivity index (χ4v) is 2.77. The number of aromatic nitrogens is 4. The maximum atomic E-state index is 9.86. The predicted octanol–water partition coefficient (Wildman–Crippen LogP) is 3.17. The zero-order valence-corrected chi connectivity index (χ0v) is 14.7. The van der Waals surface area contributed by atoms with Crippen LogP contribution in [0.4, 0.5) is 5.82 Å². The van der Waals surface area contributed by atoms with Gasteiger partial charge in [0.25, 0.3) is 0 Å². The first-order valence-corrected chi connectivity index (χ1v) is 8.58. The van der Waals surface area contributed by atoms with E-state index < -0.39 is 0 Å². The van der Waals surface area contributed by atoms with E-state index in [1.807, 2.05) is 10.6 Å². The number of imidazole rings is 1. The van der Waals surface area contributed by atoms with Crippen LogP contribution in [0.25, 0.3) is 11.2 Å². The predicted molar refractivity (Wildman–Crippen MR) is 97.3 cm³/mol. The smallest absolute Gasteiger partial charge is 0.165 e. The summed E-state index contributed by atoms with van der Waals surface area (Å²) in [5, 5.41) is 13.1. The van der Waals surface area contributed by atoms with Gasteiger partial charge in [-0.3, -0.25) is 0 Å². The highest BCUT2D eigenvalue weighted by atomic mass is 35.5. The molecular formula is C17H20ClN5O2. The van der Waals surface area contributed by atoms with Crippen LogP contribution in [-0.4, -0.2) is 37.6 Å². The van der Waals surface area contributed by atoms with E-state index in [0.717, 1.165) is 36.1 Å². The average Bonchev–Trinajstić information content (AvgIpc) is 3.04. The van der Waals surface area contributed by atoms with E-state index in [2.05, 4.69) is 20.3 Å². The van der Waals surface area contributed by atoms with Crippen molar-refractivity contribution in [2.75, 3.05) is 18.3 Å². The fourth-order valence-electron chi connectivity index (χ4n) is 2.58. The number of hydrogen-bond donors (Lipinski definition) is 2. The first kappa shape index (κ1) is 17.3. The number of benzene rings is 1. The van der Waals surface area contributed by atoms with E-state index in [0.29, 0.717) is 24.0 Å². The molecule has 0 saturated carbocycles. The van der Waals surface area contributed by atoms with E-state index in [9.17, 15) is 5.11 Å². The van der Waals surface area contributed by atoms with Crippen molar-refractivity contribution in [3.05, 3.63) is 36.4 Å². The topological polar surface area (TPSA) is 85.1 Å². The third kappa shape index (κ3) is 3.93. The van der Waals surface area contributed by atoms with Crippen molar-refractivity contribution >= 4 is 28.6 Å². The number of methoxy groups -OCH3 is 1. The number of rotatable bonds is 8. The number of fused-ring (bicyclic) bond motifs is 1. The van der Waals surface area contributed by atoms with E-state index in [1.54, 1.807) is 18.5 Å². The van der Waals surface area contributed by atoms with Gasteiger partial charge in [-0.15, -0.1) is 11.6 Å². The summed E-state index contributed by atoms with van der Waals surface area (Å²) in [6, 6.07) is 5.27. The number of phenols is 1. The summed E-state index contributed by atoms with van der Waals surface area (Å²) >= 11 is 5.73. The van der Waals surface area contributed by atoms with Gasteiger partial charge in [-0.2, -0.15) is 0 Å². The molecule has 0 fully saturated rings. The van der Waals surface area contributed by atoms with E-state index in [4.69, 9.17) is 16.3 Å². The molecule has 3 rings (SSSR count). The molecule has 0 unspecified atom stereocenters. The second-order valence-electron chi connectivity index (χ2n) is 5.59. The third-order valence-electron chi connectivity index (χ3n) is 3.89. The lowest BCUT2D eigenvalue weighted by molar-refractivity contribution is 0.373. The molecule has 0 aliphatic carbocycles. The van der Waals surface area contributed by atoms with Crippen LogP contribution in [0.15, 0.2) is 30.9 Å². The number of alkyl halides is 1. The molecular weight excluding hydrogens is 342 g/mol. The lowest BCUT2D eigenvalue weighted by Crippen LogP contribution is -2.04. The summed E-state index contributed by atoms with van der Waals surface area (Å²) in [6.07, 6.45) is 5.24. The summed E-state index contributed by atoms with van der Waals surface area (Å²) in [6.45, 7) is 1.33. The van der Waals surface area contributed by atoms with Gasteiger partial charge in [0.05, 0.1) is 13.4 Å². The van der Waals surface area contributed by atoms with Crippen LogP contribution in [0.5, 0.6) is 11.5 Å². The lowest BCUT2D eigenvalue weighted by atomic mass is 10.2. The first-order valence-electron chi connectivity index (χ1n) is 8.04. The number of anilines is 1. The molecule has 0 spiro atoms. The molecule has 0 aliphatic heterocycles. The van der Waals surface area contributed by atoms with Gasteiger partial charge in [0, 0.05) is 19.0 Å². The maximum absolute atomic E-state index is 9.86. The Kier molecular flexibility index (Phi) is 5.55. The highest BCUT2D eigenvalue weighted by Crippen LogP contribution is 2.27. The van der Waals surface area contributed by atoms with Crippen LogP contribution in [0.3, 0.4) is 0 Å². The summed E-state index contributed by atoms with van der Waals surface area (Å²) in [5.74, 6) is 1.88. The monoisotopic (exact) mass is 361 g/mol. The molecule has 0 atom stereocenters. The Labute approximate surface area is 150 Å². The molecule has 132 valence electrons. The molecule has 0 radical (unpaired) electrons. The van der Waals surface area contributed by atoms with Gasteiger partial charge in [-0.05, 0) is 30.5 Å². The quantitative estimate of drug-likeness (QED) is 0.473. The van der Waals surface area contributed by atoms with Crippen LogP contribution in [-0.2, 0) is 13.1 Å². The Morgan fingerprint density at radius 1 is 1.24 bits per heavy atom. The van der Waals surface area contributed by atoms with Crippen molar-refractivity contribution in [2.24, 2.45) is 0 Å². The highest BCUT2D eigenvalue weighted by molar-refractivity contribution is 6.17. The number of unbranched alkanes of at least 4 members (excludes halogenated alkanes) is 1. The van der Waals surface area contributed by atoms with Crippen molar-refractivity contribution in [3.63, 3.8) is 0 Å². The van der Waals surface area contributed by atoms with Gasteiger partial charge >= 0.3 is 0 Å². The van der Waals surface area contributed by atoms with E-state index >= 15 is 0 Å². The standard InChI is InChI=1S/C17H20ClN5O2/c1-25-14-5-4-12(8-13(14)24)9-19-16-15-17(21-10-20-16)23(11-22-15)7-3-2-6-18/h4-5,8,10-11,24H,2-3,6-7,9H2,1H3,(H,19,20,21). The van der Waals surface area contributed by atoms with Crippen molar-refractivity contribution in [2.45, 2.75) is 25.9 Å². The molecule has 1 aromatic carbocycles. The molecule has 2 aromatic heterocycles. The van der Waals surface area contributed by atoms with Crippen LogP contribution in [0.2, 0.25) is 0 Å². The molecule has 0 aliphatic rings. The normalized spacial score (nSPS) is 11.0. The zero-order valence-electron chi connectivity index (χ0n) is 13.9. The Balaban J connectivity index is 1.74. The van der Waals surface area contributed by atoms with Gasteiger partial charge < -0.3 is 19.7 Å². The van der Waals surface area contributed by atoms with Gasteiger partial charge in [-0.1, -0.05) is 6.07 Å². The maximum Gasteiger partial charge on any atom is 0.165 e. The molecule has 2 heterocycles. The Bertz CT molecular complexity index is 852. The molecule has 7 nitrogen and oxygen atoms in total. The van der Waals surface area contributed by atoms with Gasteiger partial charge in [0.2, 0.25) is 0 Å². The number of aromatic hydroxyl groups is 1. The van der Waals surface area contributed by atoms with Crippen molar-refractivity contribution in [1.29, 1.82) is 0 Å². The van der Waals surface area contributed by atoms with Crippen molar-refractivity contribution in [3.8, 4) is 11.5 Å². The molecule has 2 N–H and O–H groups in total. The fraction of sp³-hybridized carbons (Fsp3) is 0.353. The molecule has 8 heteroatoms. The Morgan fingerprint density at radius 2 is 2.12 bits per heavy atom. The number of nitrogens with zero attached hydrogens (tertiary/aromatic N) is 4. The SMILES string of the molecule is COc1ccc(CNc2ncnc3c2ncn3CCCCCl)cc1O. The number of aryl methyl sites for hydroxylation is 1. The summed E-state index contributed by atoms with van der Waals surface area (Å²) in [7, 11) is 1.52. The lowest BCUT2D eigenvalue weighted by Gasteiger charge is -2.09. The molecule has 3 aromatic rings. The summed E-state index contributed by atoms with van der Waals surface area (Å²) in [5.41, 5.74) is 2.43. The molecule has 0 amide bonds. The second-order valence-corrected chi connectivity index (χ2v) is 5.97. The average molecular weight is 362 g/mol. The summed E-state index contributed by atoms with van der Waals surface area (Å²) < 4.78 is 7.06. The second kappa shape index (κ2) is 8.02.